The first-order chi connectivity index (χ1) is 10.0. The summed E-state index contributed by atoms with van der Waals surface area (Å²) in [6, 6.07) is 4.69. The molecule has 3 N–H and O–H groups in total. The van der Waals surface area contributed by atoms with Gasteiger partial charge in [0.05, 0.1) is 5.56 Å². The maximum atomic E-state index is 12.0. The van der Waals surface area contributed by atoms with E-state index in [4.69, 9.17) is 5.11 Å². The van der Waals surface area contributed by atoms with Crippen LogP contribution in [0.15, 0.2) is 18.2 Å². The second-order valence-corrected chi connectivity index (χ2v) is 4.64. The zero-order valence-electron chi connectivity index (χ0n) is 11.8. The number of carboxylic acids is 1. The Labute approximate surface area is 121 Å². The number of amides is 1. The lowest BCUT2D eigenvalue weighted by Crippen LogP contribution is -2.14. The number of aromatic amines is 1. The normalized spacial score (nSPS) is 10.4. The van der Waals surface area contributed by atoms with Crippen LogP contribution >= 0.6 is 0 Å². The number of carboxylic acid groups (broad SMARTS) is 1. The van der Waals surface area contributed by atoms with Crippen molar-refractivity contribution in [3.63, 3.8) is 0 Å². The van der Waals surface area contributed by atoms with Crippen molar-refractivity contribution in [2.45, 2.75) is 26.7 Å². The summed E-state index contributed by atoms with van der Waals surface area (Å²) < 4.78 is 0. The van der Waals surface area contributed by atoms with Crippen LogP contribution in [0, 0.1) is 6.92 Å². The highest BCUT2D eigenvalue weighted by atomic mass is 16.4. The number of carbonyl (C=O) groups is 2. The Kier molecular flexibility index (Phi) is 4.32. The van der Waals surface area contributed by atoms with Gasteiger partial charge in [-0.1, -0.05) is 13.0 Å². The first-order valence-corrected chi connectivity index (χ1v) is 6.57. The van der Waals surface area contributed by atoms with E-state index in [-0.39, 0.29) is 11.4 Å². The minimum absolute atomic E-state index is 0.0379. The number of nitrogens with one attached hydrogen (secondary N) is 2. The van der Waals surface area contributed by atoms with Crippen LogP contribution in [0.5, 0.6) is 0 Å². The van der Waals surface area contributed by atoms with Gasteiger partial charge in [0.15, 0.2) is 0 Å². The van der Waals surface area contributed by atoms with Gasteiger partial charge in [0.1, 0.15) is 5.82 Å². The number of anilines is 1. The summed E-state index contributed by atoms with van der Waals surface area (Å²) in [6.07, 6.45) is 1.62. The van der Waals surface area contributed by atoms with E-state index in [2.05, 4.69) is 20.5 Å². The molecular weight excluding hydrogens is 272 g/mol. The average Bonchev–Trinajstić information content (AvgIpc) is 2.90. The number of H-pyrrole nitrogens is 1. The van der Waals surface area contributed by atoms with E-state index in [9.17, 15) is 9.59 Å². The molecule has 1 aromatic carbocycles. The number of nitrogens with zero attached hydrogens (tertiary/aromatic N) is 2. The Morgan fingerprint density at radius 3 is 2.81 bits per heavy atom. The number of aryl methyl sites for hydroxylation is 2. The first-order valence-electron chi connectivity index (χ1n) is 6.57. The summed E-state index contributed by atoms with van der Waals surface area (Å²) in [5, 5.41) is 18.2. The highest BCUT2D eigenvalue weighted by Gasteiger charge is 2.14. The van der Waals surface area contributed by atoms with E-state index in [0.717, 1.165) is 6.42 Å². The molecule has 0 radical (unpaired) electrons. The Balaban J connectivity index is 2.15. The summed E-state index contributed by atoms with van der Waals surface area (Å²) in [5.74, 6) is -0.825. The number of rotatable bonds is 5. The third kappa shape index (κ3) is 3.44. The van der Waals surface area contributed by atoms with Gasteiger partial charge in [-0.05, 0) is 31.0 Å². The van der Waals surface area contributed by atoms with Crippen molar-refractivity contribution < 1.29 is 14.7 Å². The molecule has 2 aromatic rings. The molecule has 0 saturated carbocycles. The van der Waals surface area contributed by atoms with Crippen LogP contribution in [-0.4, -0.2) is 32.2 Å². The molecule has 0 bridgehead atoms. The molecule has 2 rings (SSSR count). The van der Waals surface area contributed by atoms with Gasteiger partial charge in [0.2, 0.25) is 5.82 Å². The SMILES string of the molecule is CCCc1nc(C(=O)Nc2ccc(C)c(C(=O)O)c2)n[nH]1. The monoisotopic (exact) mass is 288 g/mol. The maximum absolute atomic E-state index is 12.0. The molecule has 7 nitrogen and oxygen atoms in total. The van der Waals surface area contributed by atoms with Crippen LogP contribution in [0.4, 0.5) is 5.69 Å². The largest absolute Gasteiger partial charge is 0.478 e. The van der Waals surface area contributed by atoms with Gasteiger partial charge in [-0.15, -0.1) is 5.10 Å². The summed E-state index contributed by atoms with van der Waals surface area (Å²) in [4.78, 5) is 27.1. The van der Waals surface area contributed by atoms with Gasteiger partial charge < -0.3 is 10.4 Å². The Morgan fingerprint density at radius 2 is 2.14 bits per heavy atom. The molecule has 1 aromatic heterocycles. The van der Waals surface area contributed by atoms with E-state index in [0.29, 0.717) is 23.5 Å². The summed E-state index contributed by atoms with van der Waals surface area (Å²) in [7, 11) is 0. The van der Waals surface area contributed by atoms with Crippen molar-refractivity contribution in [2.75, 3.05) is 5.32 Å². The highest BCUT2D eigenvalue weighted by Crippen LogP contribution is 2.16. The molecule has 1 heterocycles. The minimum Gasteiger partial charge on any atom is -0.478 e. The summed E-state index contributed by atoms with van der Waals surface area (Å²) in [5.41, 5.74) is 1.17. The lowest BCUT2D eigenvalue weighted by Gasteiger charge is -2.06. The third-order valence-electron chi connectivity index (χ3n) is 2.95. The van der Waals surface area contributed by atoms with Gasteiger partial charge in [0.25, 0.3) is 5.91 Å². The Bertz CT molecular complexity index is 679. The quantitative estimate of drug-likeness (QED) is 0.780. The number of carbonyl (C=O) groups excluding carboxylic acids is 1. The zero-order valence-corrected chi connectivity index (χ0v) is 11.8. The van der Waals surface area contributed by atoms with Crippen molar-refractivity contribution in [3.8, 4) is 0 Å². The van der Waals surface area contributed by atoms with Crippen molar-refractivity contribution in [1.82, 2.24) is 15.2 Å². The third-order valence-corrected chi connectivity index (χ3v) is 2.95. The van der Waals surface area contributed by atoms with E-state index >= 15 is 0 Å². The smallest absolute Gasteiger partial charge is 0.336 e. The van der Waals surface area contributed by atoms with Gasteiger partial charge in [-0.2, -0.15) is 0 Å². The van der Waals surface area contributed by atoms with Crippen LogP contribution in [0.2, 0.25) is 0 Å². The van der Waals surface area contributed by atoms with Crippen molar-refractivity contribution in [2.24, 2.45) is 0 Å². The standard InChI is InChI=1S/C14H16N4O3/c1-3-4-11-16-12(18-17-11)13(19)15-9-6-5-8(2)10(7-9)14(20)21/h5-7H,3-4H2,1-2H3,(H,15,19)(H,20,21)(H,16,17,18). The molecule has 0 aliphatic rings. The van der Waals surface area contributed by atoms with Gasteiger partial charge in [0, 0.05) is 12.1 Å². The fraction of sp³-hybridized carbons (Fsp3) is 0.286. The zero-order chi connectivity index (χ0) is 15.4. The Morgan fingerprint density at radius 1 is 1.38 bits per heavy atom. The second-order valence-electron chi connectivity index (χ2n) is 4.64. The molecule has 0 fully saturated rings. The van der Waals surface area contributed by atoms with E-state index in [1.165, 1.54) is 6.07 Å². The van der Waals surface area contributed by atoms with Crippen LogP contribution in [0.25, 0.3) is 0 Å². The molecule has 21 heavy (non-hydrogen) atoms. The lowest BCUT2D eigenvalue weighted by molar-refractivity contribution is 0.0695. The number of hydrogen-bond acceptors (Lipinski definition) is 4. The Hall–Kier alpha value is -2.70. The maximum Gasteiger partial charge on any atom is 0.336 e. The minimum atomic E-state index is -1.04. The highest BCUT2D eigenvalue weighted by molar-refractivity contribution is 6.02. The van der Waals surface area contributed by atoms with Crippen LogP contribution in [-0.2, 0) is 6.42 Å². The molecule has 0 aliphatic heterocycles. The van der Waals surface area contributed by atoms with Gasteiger partial charge in [-0.25, -0.2) is 9.78 Å². The van der Waals surface area contributed by atoms with E-state index in [1.54, 1.807) is 19.1 Å². The second kappa shape index (κ2) is 6.17. The molecule has 0 unspecified atom stereocenters. The molecule has 0 aliphatic carbocycles. The molecular formula is C14H16N4O3. The summed E-state index contributed by atoms with van der Waals surface area (Å²) >= 11 is 0. The topological polar surface area (TPSA) is 108 Å². The van der Waals surface area contributed by atoms with Crippen molar-refractivity contribution in [1.29, 1.82) is 0 Å². The molecule has 110 valence electrons. The summed E-state index contributed by atoms with van der Waals surface area (Å²) in [6.45, 7) is 3.70. The van der Waals surface area contributed by atoms with E-state index < -0.39 is 11.9 Å². The fourth-order valence-electron chi connectivity index (χ4n) is 1.86. The van der Waals surface area contributed by atoms with Gasteiger partial charge in [-0.3, -0.25) is 9.89 Å². The van der Waals surface area contributed by atoms with Crippen molar-refractivity contribution in [3.05, 3.63) is 41.0 Å². The predicted octanol–water partition coefficient (Wildman–Crippen LogP) is 2.02. The molecule has 0 atom stereocenters. The number of aromatic carboxylic acids is 1. The average molecular weight is 288 g/mol. The van der Waals surface area contributed by atoms with Crippen LogP contribution in [0.1, 0.15) is 45.7 Å². The predicted molar refractivity (Wildman–Crippen MR) is 76.5 cm³/mol. The van der Waals surface area contributed by atoms with Crippen LogP contribution < -0.4 is 5.32 Å². The fourth-order valence-corrected chi connectivity index (χ4v) is 1.86. The van der Waals surface area contributed by atoms with E-state index in [1.807, 2.05) is 6.92 Å². The molecule has 7 heteroatoms. The van der Waals surface area contributed by atoms with Crippen LogP contribution in [0.3, 0.4) is 0 Å². The molecule has 0 saturated heterocycles. The number of benzene rings is 1. The van der Waals surface area contributed by atoms with Gasteiger partial charge >= 0.3 is 5.97 Å². The lowest BCUT2D eigenvalue weighted by atomic mass is 10.1. The molecule has 0 spiro atoms. The number of aromatic nitrogens is 3. The number of hydrogen-bond donors (Lipinski definition) is 3. The first kappa shape index (κ1) is 14.7. The van der Waals surface area contributed by atoms with Crippen molar-refractivity contribution >= 4 is 17.6 Å². The molecule has 1 amide bonds.